The molecule has 1 atom stereocenters. The van der Waals surface area contributed by atoms with Crippen molar-refractivity contribution in [3.05, 3.63) is 53.3 Å². The second-order valence-corrected chi connectivity index (χ2v) is 7.52. The Morgan fingerprint density at radius 3 is 2.21 bits per heavy atom. The van der Waals surface area contributed by atoms with Gasteiger partial charge < -0.3 is 10.1 Å². The summed E-state index contributed by atoms with van der Waals surface area (Å²) in [5, 5.41) is 3.07. The van der Waals surface area contributed by atoms with E-state index in [2.05, 4.69) is 10.7 Å². The van der Waals surface area contributed by atoms with E-state index in [0.29, 0.717) is 11.3 Å². The fourth-order valence-corrected chi connectivity index (χ4v) is 3.52. The Morgan fingerprint density at radius 2 is 1.61 bits per heavy atom. The summed E-state index contributed by atoms with van der Waals surface area (Å²) in [5.74, 6) is 0.278. The zero-order chi connectivity index (χ0) is 20.1. The molecule has 1 aliphatic carbocycles. The molecule has 1 heterocycles. The SMILES string of the molecule is Cc1ccc(C)n1NC(=O)c1ccc(O[C@@H](C)C(=O)NC2CCCCC2)cc1. The van der Waals surface area contributed by atoms with Crippen LogP contribution < -0.4 is 15.5 Å². The molecule has 0 aliphatic heterocycles. The summed E-state index contributed by atoms with van der Waals surface area (Å²) in [6.07, 6.45) is 5.11. The minimum absolute atomic E-state index is 0.0905. The molecule has 6 heteroatoms. The summed E-state index contributed by atoms with van der Waals surface area (Å²) < 4.78 is 7.50. The third-order valence-corrected chi connectivity index (χ3v) is 5.23. The van der Waals surface area contributed by atoms with E-state index >= 15 is 0 Å². The molecule has 1 aromatic carbocycles. The molecule has 1 aromatic heterocycles. The number of amides is 2. The standard InChI is InChI=1S/C22H29N3O3/c1-15-9-10-16(2)25(15)24-22(27)18-11-13-20(14-12-18)28-17(3)21(26)23-19-7-5-4-6-8-19/h9-14,17,19H,4-8H2,1-3H3,(H,23,26)(H,24,27)/t17-/m0/s1. The first-order valence-corrected chi connectivity index (χ1v) is 9.97. The molecule has 6 nitrogen and oxygen atoms in total. The van der Waals surface area contributed by atoms with Crippen LogP contribution in [0.3, 0.4) is 0 Å². The van der Waals surface area contributed by atoms with Crippen LogP contribution in [-0.4, -0.2) is 28.6 Å². The number of aryl methyl sites for hydroxylation is 2. The smallest absolute Gasteiger partial charge is 0.270 e. The summed E-state index contributed by atoms with van der Waals surface area (Å²) in [7, 11) is 0. The van der Waals surface area contributed by atoms with Gasteiger partial charge in [0, 0.05) is 23.0 Å². The summed E-state index contributed by atoms with van der Waals surface area (Å²) in [6, 6.07) is 11.0. The van der Waals surface area contributed by atoms with Crippen molar-refractivity contribution in [1.82, 2.24) is 9.99 Å². The van der Waals surface area contributed by atoms with Gasteiger partial charge in [0.05, 0.1) is 0 Å². The van der Waals surface area contributed by atoms with Crippen molar-refractivity contribution in [3.63, 3.8) is 0 Å². The molecular formula is C22H29N3O3. The number of rotatable bonds is 6. The Kier molecular flexibility index (Phi) is 6.39. The van der Waals surface area contributed by atoms with Gasteiger partial charge in [-0.15, -0.1) is 0 Å². The number of carbonyl (C=O) groups is 2. The highest BCUT2D eigenvalue weighted by atomic mass is 16.5. The number of nitrogens with zero attached hydrogens (tertiary/aromatic N) is 1. The summed E-state index contributed by atoms with van der Waals surface area (Å²) in [5.41, 5.74) is 5.32. The average molecular weight is 383 g/mol. The van der Waals surface area contributed by atoms with Crippen LogP contribution in [0.5, 0.6) is 5.75 Å². The van der Waals surface area contributed by atoms with Gasteiger partial charge in [-0.1, -0.05) is 19.3 Å². The van der Waals surface area contributed by atoms with Crippen molar-refractivity contribution in [2.24, 2.45) is 0 Å². The van der Waals surface area contributed by atoms with E-state index < -0.39 is 6.10 Å². The van der Waals surface area contributed by atoms with E-state index in [4.69, 9.17) is 4.74 Å². The highest BCUT2D eigenvalue weighted by molar-refractivity contribution is 6.00. The molecule has 2 amide bonds. The van der Waals surface area contributed by atoms with E-state index in [9.17, 15) is 9.59 Å². The minimum Gasteiger partial charge on any atom is -0.481 e. The van der Waals surface area contributed by atoms with Crippen LogP contribution in [0.1, 0.15) is 60.8 Å². The third-order valence-electron chi connectivity index (χ3n) is 5.23. The topological polar surface area (TPSA) is 72.4 Å². The lowest BCUT2D eigenvalue weighted by Gasteiger charge is -2.24. The van der Waals surface area contributed by atoms with Gasteiger partial charge in [0.25, 0.3) is 11.8 Å². The first-order valence-electron chi connectivity index (χ1n) is 9.97. The van der Waals surface area contributed by atoms with Crippen molar-refractivity contribution in [1.29, 1.82) is 0 Å². The average Bonchev–Trinajstić information content (AvgIpc) is 3.01. The van der Waals surface area contributed by atoms with Gasteiger partial charge in [0.1, 0.15) is 5.75 Å². The molecule has 0 radical (unpaired) electrons. The Hall–Kier alpha value is -2.76. The number of carbonyl (C=O) groups excluding carboxylic acids is 2. The van der Waals surface area contributed by atoms with Crippen LogP contribution >= 0.6 is 0 Å². The summed E-state index contributed by atoms with van der Waals surface area (Å²) in [4.78, 5) is 24.8. The summed E-state index contributed by atoms with van der Waals surface area (Å²) >= 11 is 0. The van der Waals surface area contributed by atoms with Gasteiger partial charge in [-0.3, -0.25) is 19.7 Å². The van der Waals surface area contributed by atoms with Crippen LogP contribution in [0.2, 0.25) is 0 Å². The maximum absolute atomic E-state index is 12.4. The van der Waals surface area contributed by atoms with Gasteiger partial charge in [-0.25, -0.2) is 0 Å². The fourth-order valence-electron chi connectivity index (χ4n) is 3.52. The molecule has 3 rings (SSSR count). The Labute approximate surface area is 166 Å². The number of aromatic nitrogens is 1. The Bertz CT molecular complexity index is 801. The Balaban J connectivity index is 1.54. The molecule has 1 saturated carbocycles. The quantitative estimate of drug-likeness (QED) is 0.799. The van der Waals surface area contributed by atoms with Crippen LogP contribution in [-0.2, 0) is 4.79 Å². The first kappa shape index (κ1) is 20.0. The predicted molar refractivity (Wildman–Crippen MR) is 109 cm³/mol. The van der Waals surface area contributed by atoms with Crippen LogP contribution in [0.25, 0.3) is 0 Å². The van der Waals surface area contributed by atoms with Crippen LogP contribution in [0.4, 0.5) is 0 Å². The van der Waals surface area contributed by atoms with Crippen LogP contribution in [0.15, 0.2) is 36.4 Å². The largest absolute Gasteiger partial charge is 0.481 e. The second kappa shape index (κ2) is 8.95. The molecule has 28 heavy (non-hydrogen) atoms. The molecule has 1 aliphatic rings. The van der Waals surface area contributed by atoms with Gasteiger partial charge in [-0.2, -0.15) is 0 Å². The lowest BCUT2D eigenvalue weighted by molar-refractivity contribution is -0.128. The molecule has 150 valence electrons. The number of benzene rings is 1. The van der Waals surface area contributed by atoms with E-state index in [1.165, 1.54) is 19.3 Å². The van der Waals surface area contributed by atoms with Gasteiger partial charge in [-0.05, 0) is 70.0 Å². The number of hydrogen-bond acceptors (Lipinski definition) is 3. The zero-order valence-corrected chi connectivity index (χ0v) is 16.8. The molecule has 0 spiro atoms. The van der Waals surface area contributed by atoms with Gasteiger partial charge in [0.2, 0.25) is 0 Å². The highest BCUT2D eigenvalue weighted by Gasteiger charge is 2.20. The van der Waals surface area contributed by atoms with E-state index in [1.807, 2.05) is 26.0 Å². The molecule has 0 bridgehead atoms. The van der Waals surface area contributed by atoms with Crippen molar-refractivity contribution < 1.29 is 14.3 Å². The monoisotopic (exact) mass is 383 g/mol. The van der Waals surface area contributed by atoms with Crippen molar-refractivity contribution in [3.8, 4) is 5.75 Å². The Morgan fingerprint density at radius 1 is 1.00 bits per heavy atom. The second-order valence-electron chi connectivity index (χ2n) is 7.52. The van der Waals surface area contributed by atoms with Crippen molar-refractivity contribution in [2.75, 3.05) is 5.43 Å². The maximum atomic E-state index is 12.4. The number of hydrogen-bond donors (Lipinski definition) is 2. The third kappa shape index (κ3) is 4.94. The maximum Gasteiger partial charge on any atom is 0.270 e. The zero-order valence-electron chi connectivity index (χ0n) is 16.8. The number of ether oxygens (including phenoxy) is 1. The van der Waals surface area contributed by atoms with E-state index in [1.54, 1.807) is 35.9 Å². The lowest BCUT2D eigenvalue weighted by Crippen LogP contribution is -2.43. The van der Waals surface area contributed by atoms with Gasteiger partial charge in [0.15, 0.2) is 6.10 Å². The fraction of sp³-hybridized carbons (Fsp3) is 0.455. The predicted octanol–water partition coefficient (Wildman–Crippen LogP) is 3.71. The minimum atomic E-state index is -0.577. The normalized spacial score (nSPS) is 15.7. The van der Waals surface area contributed by atoms with Crippen LogP contribution in [0, 0.1) is 13.8 Å². The van der Waals surface area contributed by atoms with E-state index in [0.717, 1.165) is 24.2 Å². The molecular weight excluding hydrogens is 354 g/mol. The molecule has 0 saturated heterocycles. The molecule has 2 aromatic rings. The molecule has 2 N–H and O–H groups in total. The highest BCUT2D eigenvalue weighted by Crippen LogP contribution is 2.18. The molecule has 1 fully saturated rings. The summed E-state index contributed by atoms with van der Waals surface area (Å²) in [6.45, 7) is 5.62. The lowest BCUT2D eigenvalue weighted by atomic mass is 9.95. The van der Waals surface area contributed by atoms with Gasteiger partial charge >= 0.3 is 0 Å². The van der Waals surface area contributed by atoms with Crippen molar-refractivity contribution in [2.45, 2.75) is 65.0 Å². The molecule has 0 unspecified atom stereocenters. The number of nitrogens with one attached hydrogen (secondary N) is 2. The van der Waals surface area contributed by atoms with E-state index in [-0.39, 0.29) is 17.9 Å². The van der Waals surface area contributed by atoms with Crippen molar-refractivity contribution >= 4 is 11.8 Å². The first-order chi connectivity index (χ1) is 13.4.